The number of nitrogens with zero attached hydrogens (tertiary/aromatic N) is 4. The monoisotopic (exact) mass is 300 g/mol. The van der Waals surface area contributed by atoms with E-state index in [1.165, 1.54) is 0 Å². The van der Waals surface area contributed by atoms with E-state index in [4.69, 9.17) is 6.42 Å². The molecule has 2 saturated heterocycles. The molecule has 1 amide bonds. The van der Waals surface area contributed by atoms with Gasteiger partial charge in [0.15, 0.2) is 0 Å². The van der Waals surface area contributed by atoms with Gasteiger partial charge in [0.25, 0.3) is 0 Å². The highest BCUT2D eigenvalue weighted by molar-refractivity contribution is 5.82. The summed E-state index contributed by atoms with van der Waals surface area (Å²) in [4.78, 5) is 21.3. The maximum Gasteiger partial charge on any atom is 0.240 e. The first-order chi connectivity index (χ1) is 10.8. The molecule has 0 aliphatic carbocycles. The maximum atomic E-state index is 12.9. The number of likely N-dealkylation sites (tertiary alicyclic amines) is 2. The van der Waals surface area contributed by atoms with Gasteiger partial charge in [-0.2, -0.15) is 0 Å². The number of imidazole rings is 1. The SMILES string of the molecule is C#CCN1CCCC[C@@H]1C(=O)N1CCC[C@H](n2ccnc2)C1. The van der Waals surface area contributed by atoms with E-state index < -0.39 is 0 Å². The van der Waals surface area contributed by atoms with E-state index in [1.807, 2.05) is 17.4 Å². The number of amides is 1. The third-order valence-electron chi connectivity index (χ3n) is 4.85. The average Bonchev–Trinajstić information content (AvgIpc) is 3.10. The van der Waals surface area contributed by atoms with Crippen LogP contribution in [0.4, 0.5) is 0 Å². The van der Waals surface area contributed by atoms with Gasteiger partial charge in [-0.25, -0.2) is 4.98 Å². The van der Waals surface area contributed by atoms with Gasteiger partial charge in [0.1, 0.15) is 0 Å². The number of rotatable bonds is 3. The van der Waals surface area contributed by atoms with Crippen LogP contribution in [0, 0.1) is 12.3 Å². The summed E-state index contributed by atoms with van der Waals surface area (Å²) in [5.74, 6) is 2.96. The Labute approximate surface area is 132 Å². The second kappa shape index (κ2) is 6.97. The summed E-state index contributed by atoms with van der Waals surface area (Å²) >= 11 is 0. The van der Waals surface area contributed by atoms with Crippen molar-refractivity contribution < 1.29 is 4.79 Å². The number of aromatic nitrogens is 2. The zero-order valence-corrected chi connectivity index (χ0v) is 13.0. The minimum absolute atomic E-state index is 0.0219. The first kappa shape index (κ1) is 15.1. The van der Waals surface area contributed by atoms with E-state index in [0.717, 1.165) is 51.7 Å². The van der Waals surface area contributed by atoms with Crippen molar-refractivity contribution in [2.24, 2.45) is 0 Å². The van der Waals surface area contributed by atoms with Crippen LogP contribution in [0.25, 0.3) is 0 Å². The van der Waals surface area contributed by atoms with Crippen molar-refractivity contribution in [2.75, 3.05) is 26.2 Å². The molecule has 22 heavy (non-hydrogen) atoms. The zero-order chi connectivity index (χ0) is 15.4. The Kier molecular flexibility index (Phi) is 4.79. The van der Waals surface area contributed by atoms with Crippen LogP contribution < -0.4 is 0 Å². The highest BCUT2D eigenvalue weighted by Gasteiger charge is 2.33. The van der Waals surface area contributed by atoms with Crippen molar-refractivity contribution in [2.45, 2.75) is 44.2 Å². The van der Waals surface area contributed by atoms with Crippen molar-refractivity contribution in [3.63, 3.8) is 0 Å². The second-order valence-corrected chi connectivity index (χ2v) is 6.28. The molecule has 0 spiro atoms. The summed E-state index contributed by atoms with van der Waals surface area (Å²) in [6.07, 6.45) is 16.5. The lowest BCUT2D eigenvalue weighted by molar-refractivity contribution is -0.139. The van der Waals surface area contributed by atoms with Crippen molar-refractivity contribution >= 4 is 5.91 Å². The smallest absolute Gasteiger partial charge is 0.240 e. The van der Waals surface area contributed by atoms with E-state index in [9.17, 15) is 4.79 Å². The Morgan fingerprint density at radius 2 is 2.18 bits per heavy atom. The van der Waals surface area contributed by atoms with Gasteiger partial charge in [0.2, 0.25) is 5.91 Å². The van der Waals surface area contributed by atoms with E-state index in [0.29, 0.717) is 12.6 Å². The maximum absolute atomic E-state index is 12.9. The quantitative estimate of drug-likeness (QED) is 0.795. The third-order valence-corrected chi connectivity index (χ3v) is 4.85. The summed E-state index contributed by atoms with van der Waals surface area (Å²) in [5, 5.41) is 0. The minimum atomic E-state index is -0.0219. The molecular formula is C17H24N4O. The van der Waals surface area contributed by atoms with Gasteiger partial charge in [-0.15, -0.1) is 6.42 Å². The average molecular weight is 300 g/mol. The highest BCUT2D eigenvalue weighted by atomic mass is 16.2. The molecule has 0 aromatic carbocycles. The number of hydrogen-bond donors (Lipinski definition) is 0. The van der Waals surface area contributed by atoms with Gasteiger partial charge in [-0.3, -0.25) is 9.69 Å². The van der Waals surface area contributed by atoms with Crippen LogP contribution in [-0.2, 0) is 4.79 Å². The molecule has 0 radical (unpaired) electrons. The van der Waals surface area contributed by atoms with Crippen molar-refractivity contribution in [3.8, 4) is 12.3 Å². The van der Waals surface area contributed by atoms with Crippen LogP contribution in [0.5, 0.6) is 0 Å². The largest absolute Gasteiger partial charge is 0.339 e. The fourth-order valence-corrected chi connectivity index (χ4v) is 3.67. The summed E-state index contributed by atoms with van der Waals surface area (Å²) in [6, 6.07) is 0.330. The highest BCUT2D eigenvalue weighted by Crippen LogP contribution is 2.25. The van der Waals surface area contributed by atoms with E-state index in [-0.39, 0.29) is 11.9 Å². The van der Waals surface area contributed by atoms with Gasteiger partial charge in [0.05, 0.1) is 25.0 Å². The van der Waals surface area contributed by atoms with Crippen LogP contribution in [0.1, 0.15) is 38.1 Å². The Morgan fingerprint density at radius 3 is 2.95 bits per heavy atom. The first-order valence-electron chi connectivity index (χ1n) is 8.23. The molecule has 1 aromatic heterocycles. The number of hydrogen-bond acceptors (Lipinski definition) is 3. The fraction of sp³-hybridized carbons (Fsp3) is 0.647. The minimum Gasteiger partial charge on any atom is -0.339 e. The molecular weight excluding hydrogens is 276 g/mol. The summed E-state index contributed by atoms with van der Waals surface area (Å²) in [6.45, 7) is 3.18. The molecule has 5 heteroatoms. The number of terminal acetylenes is 1. The molecule has 3 heterocycles. The molecule has 0 N–H and O–H groups in total. The van der Waals surface area contributed by atoms with Crippen LogP contribution in [-0.4, -0.2) is 57.5 Å². The second-order valence-electron chi connectivity index (χ2n) is 6.28. The lowest BCUT2D eigenvalue weighted by atomic mass is 9.98. The molecule has 2 aliphatic rings. The summed E-state index contributed by atoms with van der Waals surface area (Å²) in [5.41, 5.74) is 0. The number of piperidine rings is 2. The van der Waals surface area contributed by atoms with Crippen LogP contribution in [0.15, 0.2) is 18.7 Å². The first-order valence-corrected chi connectivity index (χ1v) is 8.23. The van der Waals surface area contributed by atoms with Crippen molar-refractivity contribution in [1.29, 1.82) is 0 Å². The topological polar surface area (TPSA) is 41.4 Å². The standard InChI is InChI=1S/C17H24N4O/c1-2-9-19-10-4-3-7-16(19)17(22)20-11-5-6-15(13-20)21-12-8-18-14-21/h1,8,12,14-16H,3-7,9-11,13H2/t15-,16+/m0/s1. The van der Waals surface area contributed by atoms with Crippen LogP contribution in [0.2, 0.25) is 0 Å². The molecule has 2 atom stereocenters. The molecule has 0 saturated carbocycles. The predicted molar refractivity (Wildman–Crippen MR) is 85.1 cm³/mol. The molecule has 0 unspecified atom stereocenters. The Balaban J connectivity index is 1.67. The fourth-order valence-electron chi connectivity index (χ4n) is 3.67. The lowest BCUT2D eigenvalue weighted by Crippen LogP contribution is -2.53. The molecule has 0 bridgehead atoms. The number of carbonyl (C=O) groups excluding carboxylic acids is 1. The van der Waals surface area contributed by atoms with Gasteiger partial charge in [-0.05, 0) is 32.2 Å². The van der Waals surface area contributed by atoms with Gasteiger partial charge < -0.3 is 9.47 Å². The Morgan fingerprint density at radius 1 is 1.27 bits per heavy atom. The summed E-state index contributed by atoms with van der Waals surface area (Å²) < 4.78 is 2.12. The molecule has 1 aromatic rings. The molecule has 2 aliphatic heterocycles. The lowest BCUT2D eigenvalue weighted by Gasteiger charge is -2.40. The zero-order valence-electron chi connectivity index (χ0n) is 13.0. The molecule has 3 rings (SSSR count). The van der Waals surface area contributed by atoms with Crippen LogP contribution in [0.3, 0.4) is 0 Å². The van der Waals surface area contributed by atoms with Gasteiger partial charge >= 0.3 is 0 Å². The normalized spacial score (nSPS) is 26.6. The van der Waals surface area contributed by atoms with E-state index in [2.05, 4.69) is 20.4 Å². The van der Waals surface area contributed by atoms with E-state index in [1.54, 1.807) is 6.20 Å². The number of carbonyl (C=O) groups is 1. The molecule has 5 nitrogen and oxygen atoms in total. The van der Waals surface area contributed by atoms with Crippen LogP contribution >= 0.6 is 0 Å². The summed E-state index contributed by atoms with van der Waals surface area (Å²) in [7, 11) is 0. The molecule has 2 fully saturated rings. The van der Waals surface area contributed by atoms with Gasteiger partial charge in [-0.1, -0.05) is 12.3 Å². The van der Waals surface area contributed by atoms with Gasteiger partial charge in [0, 0.05) is 25.5 Å². The molecule has 118 valence electrons. The van der Waals surface area contributed by atoms with Crippen molar-refractivity contribution in [1.82, 2.24) is 19.4 Å². The van der Waals surface area contributed by atoms with Crippen molar-refractivity contribution in [3.05, 3.63) is 18.7 Å². The Hall–Kier alpha value is -1.80. The van der Waals surface area contributed by atoms with E-state index >= 15 is 0 Å². The predicted octanol–water partition coefficient (Wildman–Crippen LogP) is 1.53. The Bertz CT molecular complexity index is 533. The third kappa shape index (κ3) is 3.17.